The summed E-state index contributed by atoms with van der Waals surface area (Å²) in [6.45, 7) is -0.355. The van der Waals surface area contributed by atoms with Crippen LogP contribution in [0.3, 0.4) is 0 Å². The van der Waals surface area contributed by atoms with Crippen LogP contribution in [0.25, 0.3) is 0 Å². The summed E-state index contributed by atoms with van der Waals surface area (Å²) in [4.78, 5) is 12.2. The van der Waals surface area contributed by atoms with Gasteiger partial charge >= 0.3 is 10.2 Å². The minimum Gasteiger partial charge on any atom is -0.350 e. The molecular formula is C17H19F2N3O3S. The smallest absolute Gasteiger partial charge is 0.304 e. The van der Waals surface area contributed by atoms with Crippen molar-refractivity contribution in [2.75, 3.05) is 24.9 Å². The Labute approximate surface area is 151 Å². The summed E-state index contributed by atoms with van der Waals surface area (Å²) in [5, 5.41) is 2.58. The molecule has 0 spiro atoms. The Hall–Kier alpha value is -2.52. The van der Waals surface area contributed by atoms with Gasteiger partial charge in [0.25, 0.3) is 0 Å². The van der Waals surface area contributed by atoms with Gasteiger partial charge in [-0.25, -0.2) is 13.1 Å². The lowest BCUT2D eigenvalue weighted by Crippen LogP contribution is -2.45. The van der Waals surface area contributed by atoms with Crippen molar-refractivity contribution in [2.24, 2.45) is 0 Å². The van der Waals surface area contributed by atoms with Crippen molar-refractivity contribution >= 4 is 21.8 Å². The topological polar surface area (TPSA) is 69.7 Å². The number of amides is 1. The van der Waals surface area contributed by atoms with Crippen LogP contribution in [0.1, 0.15) is 5.56 Å². The van der Waals surface area contributed by atoms with Gasteiger partial charge in [0.15, 0.2) is 0 Å². The molecule has 0 unspecified atom stereocenters. The van der Waals surface area contributed by atoms with Crippen molar-refractivity contribution in [3.8, 4) is 0 Å². The molecule has 2 aromatic carbocycles. The summed E-state index contributed by atoms with van der Waals surface area (Å²) < 4.78 is 52.9. The summed E-state index contributed by atoms with van der Waals surface area (Å²) in [6, 6.07) is 10.4. The van der Waals surface area contributed by atoms with Crippen LogP contribution in [0, 0.1) is 11.6 Å². The highest BCUT2D eigenvalue weighted by Gasteiger charge is 2.27. The van der Waals surface area contributed by atoms with Crippen LogP contribution in [0.15, 0.2) is 48.5 Å². The van der Waals surface area contributed by atoms with Crippen molar-refractivity contribution < 1.29 is 22.0 Å². The van der Waals surface area contributed by atoms with Gasteiger partial charge in [0.05, 0.1) is 5.69 Å². The second-order valence-electron chi connectivity index (χ2n) is 5.68. The standard InChI is InChI=1S/C17H19F2N3O3S/c1-21(2)26(24,25)22(16-9-7-15(19)8-10-16)12-17(23)20-11-13-3-5-14(18)6-4-13/h3-10H,11-12H2,1-2H3,(H,20,23). The van der Waals surface area contributed by atoms with E-state index in [1.54, 1.807) is 0 Å². The number of benzene rings is 2. The van der Waals surface area contributed by atoms with Crippen molar-refractivity contribution in [1.82, 2.24) is 9.62 Å². The van der Waals surface area contributed by atoms with E-state index in [1.807, 2.05) is 0 Å². The third kappa shape index (κ3) is 4.99. The molecule has 0 aromatic heterocycles. The van der Waals surface area contributed by atoms with Gasteiger partial charge in [0, 0.05) is 20.6 Å². The first kappa shape index (κ1) is 19.8. The Bertz CT molecular complexity index is 854. The quantitative estimate of drug-likeness (QED) is 0.794. The van der Waals surface area contributed by atoms with E-state index in [-0.39, 0.29) is 18.0 Å². The van der Waals surface area contributed by atoms with Gasteiger partial charge < -0.3 is 5.32 Å². The maximum absolute atomic E-state index is 13.1. The molecule has 0 bridgehead atoms. The highest BCUT2D eigenvalue weighted by atomic mass is 32.2. The van der Waals surface area contributed by atoms with Gasteiger partial charge in [-0.1, -0.05) is 12.1 Å². The molecule has 0 radical (unpaired) electrons. The minimum atomic E-state index is -3.95. The SMILES string of the molecule is CN(C)S(=O)(=O)N(CC(=O)NCc1ccc(F)cc1)c1ccc(F)cc1. The van der Waals surface area contributed by atoms with E-state index >= 15 is 0 Å². The van der Waals surface area contributed by atoms with E-state index in [9.17, 15) is 22.0 Å². The third-order valence-electron chi connectivity index (χ3n) is 3.54. The molecule has 6 nitrogen and oxygen atoms in total. The van der Waals surface area contributed by atoms with E-state index < -0.39 is 28.5 Å². The Balaban J connectivity index is 2.14. The molecular weight excluding hydrogens is 364 g/mol. The number of nitrogens with zero attached hydrogens (tertiary/aromatic N) is 2. The third-order valence-corrected chi connectivity index (χ3v) is 5.36. The molecule has 0 heterocycles. The zero-order valence-corrected chi connectivity index (χ0v) is 15.1. The van der Waals surface area contributed by atoms with E-state index in [0.717, 1.165) is 20.7 Å². The fourth-order valence-corrected chi connectivity index (χ4v) is 3.16. The van der Waals surface area contributed by atoms with Crippen LogP contribution in [-0.4, -0.2) is 39.3 Å². The Morgan fingerprint density at radius 2 is 1.46 bits per heavy atom. The van der Waals surface area contributed by atoms with Crippen LogP contribution in [-0.2, 0) is 21.5 Å². The summed E-state index contributed by atoms with van der Waals surface area (Å²) in [5.41, 5.74) is 0.834. The number of anilines is 1. The number of nitrogens with one attached hydrogen (secondary N) is 1. The minimum absolute atomic E-state index is 0.123. The van der Waals surface area contributed by atoms with E-state index in [0.29, 0.717) is 5.56 Å². The fraction of sp³-hybridized carbons (Fsp3) is 0.235. The lowest BCUT2D eigenvalue weighted by atomic mass is 10.2. The van der Waals surface area contributed by atoms with Gasteiger partial charge in [-0.3, -0.25) is 4.79 Å². The molecule has 1 amide bonds. The van der Waals surface area contributed by atoms with Crippen LogP contribution in [0.5, 0.6) is 0 Å². The first-order valence-corrected chi connectivity index (χ1v) is 9.07. The fourth-order valence-electron chi connectivity index (χ4n) is 2.10. The average Bonchev–Trinajstić information content (AvgIpc) is 2.60. The highest BCUT2D eigenvalue weighted by molar-refractivity contribution is 7.90. The molecule has 0 atom stereocenters. The molecule has 2 aromatic rings. The largest absolute Gasteiger partial charge is 0.350 e. The number of hydrogen-bond acceptors (Lipinski definition) is 3. The summed E-state index contributed by atoms with van der Waals surface area (Å²) in [5.74, 6) is -1.46. The average molecular weight is 383 g/mol. The van der Waals surface area contributed by atoms with E-state index in [4.69, 9.17) is 0 Å². The molecule has 140 valence electrons. The maximum atomic E-state index is 13.1. The lowest BCUT2D eigenvalue weighted by molar-refractivity contribution is -0.119. The zero-order chi connectivity index (χ0) is 19.3. The van der Waals surface area contributed by atoms with Gasteiger partial charge in [-0.2, -0.15) is 12.7 Å². The van der Waals surface area contributed by atoms with Crippen molar-refractivity contribution in [3.05, 3.63) is 65.7 Å². The molecule has 0 fully saturated rings. The second kappa shape index (κ2) is 8.24. The van der Waals surface area contributed by atoms with Crippen LogP contribution in [0.4, 0.5) is 14.5 Å². The van der Waals surface area contributed by atoms with Gasteiger partial charge in [0.2, 0.25) is 5.91 Å². The number of halogens is 2. The van der Waals surface area contributed by atoms with Crippen LogP contribution < -0.4 is 9.62 Å². The predicted molar refractivity (Wildman–Crippen MR) is 94.6 cm³/mol. The summed E-state index contributed by atoms with van der Waals surface area (Å²) in [6.07, 6.45) is 0. The maximum Gasteiger partial charge on any atom is 0.304 e. The number of carbonyl (C=O) groups is 1. The molecule has 1 N–H and O–H groups in total. The van der Waals surface area contributed by atoms with Gasteiger partial charge in [-0.15, -0.1) is 0 Å². The normalized spacial score (nSPS) is 11.4. The van der Waals surface area contributed by atoms with Gasteiger partial charge in [0.1, 0.15) is 18.2 Å². The Morgan fingerprint density at radius 1 is 0.962 bits per heavy atom. The molecule has 0 saturated heterocycles. The number of carbonyl (C=O) groups excluding carboxylic acids is 1. The van der Waals surface area contributed by atoms with Crippen molar-refractivity contribution in [3.63, 3.8) is 0 Å². The molecule has 2 rings (SSSR count). The molecule has 0 aliphatic rings. The first-order chi connectivity index (χ1) is 12.2. The lowest BCUT2D eigenvalue weighted by Gasteiger charge is -2.26. The Morgan fingerprint density at radius 3 is 1.96 bits per heavy atom. The first-order valence-electron chi connectivity index (χ1n) is 7.67. The summed E-state index contributed by atoms with van der Waals surface area (Å²) in [7, 11) is -1.28. The second-order valence-corrected chi connectivity index (χ2v) is 7.74. The van der Waals surface area contributed by atoms with Crippen LogP contribution >= 0.6 is 0 Å². The predicted octanol–water partition coefficient (Wildman–Crippen LogP) is 1.89. The van der Waals surface area contributed by atoms with Crippen molar-refractivity contribution in [2.45, 2.75) is 6.54 Å². The molecule has 0 aliphatic heterocycles. The monoisotopic (exact) mass is 383 g/mol. The van der Waals surface area contributed by atoms with Crippen molar-refractivity contribution in [1.29, 1.82) is 0 Å². The molecule has 9 heteroatoms. The highest BCUT2D eigenvalue weighted by Crippen LogP contribution is 2.19. The Kier molecular flexibility index (Phi) is 6.27. The van der Waals surface area contributed by atoms with E-state index in [2.05, 4.69) is 5.32 Å². The molecule has 26 heavy (non-hydrogen) atoms. The zero-order valence-electron chi connectivity index (χ0n) is 14.3. The van der Waals surface area contributed by atoms with Crippen LogP contribution in [0.2, 0.25) is 0 Å². The summed E-state index contributed by atoms with van der Waals surface area (Å²) >= 11 is 0. The number of hydrogen-bond donors (Lipinski definition) is 1. The van der Waals surface area contributed by atoms with Gasteiger partial charge in [-0.05, 0) is 42.0 Å². The number of rotatable bonds is 7. The molecule has 0 saturated carbocycles. The van der Waals surface area contributed by atoms with E-state index in [1.165, 1.54) is 50.5 Å². The molecule has 0 aliphatic carbocycles.